The summed E-state index contributed by atoms with van der Waals surface area (Å²) < 4.78 is 31.6. The molecule has 0 atom stereocenters. The van der Waals surface area contributed by atoms with Gasteiger partial charge in [0.1, 0.15) is 11.3 Å². The number of anilines is 1. The van der Waals surface area contributed by atoms with Crippen molar-refractivity contribution in [2.24, 2.45) is 0 Å². The van der Waals surface area contributed by atoms with E-state index in [1.54, 1.807) is 0 Å². The molecule has 0 aliphatic carbocycles. The van der Waals surface area contributed by atoms with E-state index < -0.39 is 10.0 Å². The number of rotatable bonds is 10. The molecular formula is C29H39N5O2S. The fraction of sp³-hybridized carbons (Fsp3) is 0.448. The van der Waals surface area contributed by atoms with Gasteiger partial charge in [-0.15, -0.1) is 0 Å². The maximum atomic E-state index is 13.3. The minimum atomic E-state index is -3.60. The molecule has 0 aliphatic heterocycles. The number of fused-ring (bicyclic) bond motifs is 3. The van der Waals surface area contributed by atoms with Crippen LogP contribution in [0.4, 0.5) is 5.82 Å². The Morgan fingerprint density at radius 3 is 2.22 bits per heavy atom. The van der Waals surface area contributed by atoms with Crippen molar-refractivity contribution in [2.45, 2.75) is 85.1 Å². The zero-order valence-electron chi connectivity index (χ0n) is 22.9. The van der Waals surface area contributed by atoms with E-state index in [4.69, 9.17) is 10.7 Å². The molecule has 2 aromatic carbocycles. The highest BCUT2D eigenvalue weighted by Crippen LogP contribution is 2.31. The summed E-state index contributed by atoms with van der Waals surface area (Å²) >= 11 is 0. The summed E-state index contributed by atoms with van der Waals surface area (Å²) in [7, 11) is -3.60. The quantitative estimate of drug-likeness (QED) is 0.256. The molecule has 2 aromatic heterocycles. The van der Waals surface area contributed by atoms with Crippen molar-refractivity contribution in [3.05, 3.63) is 57.9 Å². The second kappa shape index (κ2) is 10.8. The summed E-state index contributed by atoms with van der Waals surface area (Å²) in [5.74, 6) is 1.46. The fourth-order valence-electron chi connectivity index (χ4n) is 5.21. The molecule has 0 bridgehead atoms. The predicted octanol–water partition coefficient (Wildman–Crippen LogP) is 5.81. The Bertz CT molecular complexity index is 1540. The van der Waals surface area contributed by atoms with Crippen LogP contribution in [0.3, 0.4) is 0 Å². The Morgan fingerprint density at radius 2 is 1.54 bits per heavy atom. The molecule has 0 saturated heterocycles. The van der Waals surface area contributed by atoms with Crippen LogP contribution < -0.4 is 10.5 Å². The molecule has 198 valence electrons. The maximum absolute atomic E-state index is 13.3. The van der Waals surface area contributed by atoms with Gasteiger partial charge in [-0.25, -0.2) is 23.1 Å². The molecule has 4 rings (SSSR count). The van der Waals surface area contributed by atoms with E-state index in [2.05, 4.69) is 34.2 Å². The number of imidazole rings is 1. The van der Waals surface area contributed by atoms with Gasteiger partial charge in [0, 0.05) is 24.9 Å². The minimum Gasteiger partial charge on any atom is -0.382 e. The normalized spacial score (nSPS) is 12.2. The average Bonchev–Trinajstić information content (AvgIpc) is 3.24. The van der Waals surface area contributed by atoms with Gasteiger partial charge < -0.3 is 10.3 Å². The fourth-order valence-corrected chi connectivity index (χ4v) is 6.88. The molecule has 37 heavy (non-hydrogen) atoms. The zero-order chi connectivity index (χ0) is 26.9. The van der Waals surface area contributed by atoms with Crippen LogP contribution in [0, 0.1) is 34.6 Å². The van der Waals surface area contributed by atoms with E-state index in [9.17, 15) is 8.42 Å². The number of nitrogen functional groups attached to an aromatic ring is 1. The van der Waals surface area contributed by atoms with Gasteiger partial charge in [0.05, 0.1) is 15.9 Å². The molecular weight excluding hydrogens is 482 g/mol. The number of sulfonamides is 1. The lowest BCUT2D eigenvalue weighted by Crippen LogP contribution is -2.27. The Balaban J connectivity index is 1.54. The van der Waals surface area contributed by atoms with Gasteiger partial charge in [-0.2, -0.15) is 0 Å². The van der Waals surface area contributed by atoms with Crippen LogP contribution in [0.5, 0.6) is 0 Å². The lowest BCUT2D eigenvalue weighted by molar-refractivity contribution is 0.560. The Hall–Kier alpha value is -2.97. The molecule has 0 aliphatic rings. The Labute approximate surface area is 220 Å². The Morgan fingerprint density at radius 1 is 0.892 bits per heavy atom. The number of aromatic nitrogens is 3. The first-order chi connectivity index (χ1) is 17.6. The molecule has 0 unspecified atom stereocenters. The van der Waals surface area contributed by atoms with Crippen molar-refractivity contribution in [1.29, 1.82) is 0 Å². The average molecular weight is 522 g/mol. The van der Waals surface area contributed by atoms with Crippen LogP contribution in [0.1, 0.15) is 66.2 Å². The standard InChI is InChI=1S/C29H39N5O2S/c1-7-8-15-25-33-26-27(23-13-9-10-14-24(23)32-29(26)30)34(25)17-12-11-16-31-37(35,36)28-21(5)19(3)18(2)20(4)22(28)6/h9-10,13-14,31H,7-8,11-12,15-17H2,1-6H3,(H2,30,32). The molecule has 0 fully saturated rings. The van der Waals surface area contributed by atoms with E-state index in [0.717, 1.165) is 87.8 Å². The monoisotopic (exact) mass is 521 g/mol. The topological polar surface area (TPSA) is 103 Å². The molecule has 0 saturated carbocycles. The van der Waals surface area contributed by atoms with Crippen LogP contribution >= 0.6 is 0 Å². The van der Waals surface area contributed by atoms with E-state index in [-0.39, 0.29) is 0 Å². The summed E-state index contributed by atoms with van der Waals surface area (Å²) in [6, 6.07) is 8.01. The summed E-state index contributed by atoms with van der Waals surface area (Å²) in [4.78, 5) is 9.87. The predicted molar refractivity (Wildman–Crippen MR) is 153 cm³/mol. The number of aryl methyl sites for hydroxylation is 2. The number of nitrogens with two attached hydrogens (primary N) is 1. The van der Waals surface area contributed by atoms with Crippen molar-refractivity contribution >= 4 is 37.8 Å². The SMILES string of the molecule is CCCCc1nc2c(N)nc3ccccc3c2n1CCCCNS(=O)(=O)c1c(C)c(C)c(C)c(C)c1C. The molecule has 0 amide bonds. The van der Waals surface area contributed by atoms with Crippen molar-refractivity contribution in [2.75, 3.05) is 12.3 Å². The first-order valence-electron chi connectivity index (χ1n) is 13.2. The zero-order valence-corrected chi connectivity index (χ0v) is 23.7. The van der Waals surface area contributed by atoms with E-state index in [1.807, 2.05) is 45.9 Å². The van der Waals surface area contributed by atoms with Gasteiger partial charge in [0.25, 0.3) is 0 Å². The summed E-state index contributed by atoms with van der Waals surface area (Å²) in [6.45, 7) is 13.1. The highest BCUT2D eigenvalue weighted by atomic mass is 32.2. The smallest absolute Gasteiger partial charge is 0.241 e. The molecule has 2 heterocycles. The highest BCUT2D eigenvalue weighted by molar-refractivity contribution is 7.89. The second-order valence-electron chi connectivity index (χ2n) is 10.1. The third kappa shape index (κ3) is 5.09. The number of benzene rings is 2. The third-order valence-electron chi connectivity index (χ3n) is 7.74. The first kappa shape index (κ1) is 27.1. The number of para-hydroxylation sites is 1. The van der Waals surface area contributed by atoms with E-state index >= 15 is 0 Å². The maximum Gasteiger partial charge on any atom is 0.241 e. The molecule has 8 heteroatoms. The number of pyridine rings is 1. The van der Waals surface area contributed by atoms with Crippen molar-refractivity contribution in [3.63, 3.8) is 0 Å². The van der Waals surface area contributed by atoms with Crippen LogP contribution in [0.15, 0.2) is 29.2 Å². The lowest BCUT2D eigenvalue weighted by atomic mass is 9.95. The molecule has 4 aromatic rings. The minimum absolute atomic E-state index is 0.383. The summed E-state index contributed by atoms with van der Waals surface area (Å²) in [5, 5.41) is 1.04. The van der Waals surface area contributed by atoms with Gasteiger partial charge in [0.2, 0.25) is 10.0 Å². The third-order valence-corrected chi connectivity index (χ3v) is 9.48. The Kier molecular flexibility index (Phi) is 7.90. The van der Waals surface area contributed by atoms with Gasteiger partial charge >= 0.3 is 0 Å². The molecule has 0 spiro atoms. The van der Waals surface area contributed by atoms with Crippen LogP contribution in [-0.2, 0) is 23.0 Å². The van der Waals surface area contributed by atoms with Crippen molar-refractivity contribution in [3.8, 4) is 0 Å². The largest absolute Gasteiger partial charge is 0.382 e. The van der Waals surface area contributed by atoms with E-state index in [1.165, 1.54) is 0 Å². The van der Waals surface area contributed by atoms with Gasteiger partial charge in [0.15, 0.2) is 5.82 Å². The van der Waals surface area contributed by atoms with Crippen molar-refractivity contribution in [1.82, 2.24) is 19.3 Å². The van der Waals surface area contributed by atoms with Crippen LogP contribution in [0.25, 0.3) is 21.9 Å². The lowest BCUT2D eigenvalue weighted by Gasteiger charge is -2.19. The summed E-state index contributed by atoms with van der Waals surface area (Å²) in [6.07, 6.45) is 4.52. The van der Waals surface area contributed by atoms with Crippen molar-refractivity contribution < 1.29 is 8.42 Å². The summed E-state index contributed by atoms with van der Waals surface area (Å²) in [5.41, 5.74) is 13.8. The molecule has 0 radical (unpaired) electrons. The van der Waals surface area contributed by atoms with Gasteiger partial charge in [-0.1, -0.05) is 31.5 Å². The number of nitrogens with one attached hydrogen (secondary N) is 1. The number of nitrogens with zero attached hydrogens (tertiary/aromatic N) is 3. The number of hydrogen-bond acceptors (Lipinski definition) is 5. The second-order valence-corrected chi connectivity index (χ2v) is 11.8. The number of hydrogen-bond donors (Lipinski definition) is 2. The first-order valence-corrected chi connectivity index (χ1v) is 14.7. The van der Waals surface area contributed by atoms with Crippen LogP contribution in [-0.4, -0.2) is 29.5 Å². The van der Waals surface area contributed by atoms with Crippen LogP contribution in [0.2, 0.25) is 0 Å². The molecule has 7 nitrogen and oxygen atoms in total. The molecule has 3 N–H and O–H groups in total. The highest BCUT2D eigenvalue weighted by Gasteiger charge is 2.23. The van der Waals surface area contributed by atoms with Gasteiger partial charge in [-0.3, -0.25) is 0 Å². The van der Waals surface area contributed by atoms with Gasteiger partial charge in [-0.05, 0) is 87.8 Å². The number of unbranched alkanes of at least 4 members (excludes halogenated alkanes) is 2. The van der Waals surface area contributed by atoms with E-state index in [0.29, 0.717) is 23.7 Å².